The van der Waals surface area contributed by atoms with Crippen LogP contribution in [0.2, 0.25) is 5.02 Å². The number of nitrogens with one attached hydrogen (secondary N) is 4. The van der Waals surface area contributed by atoms with Gasteiger partial charge in [-0.05, 0) is 67.1 Å². The van der Waals surface area contributed by atoms with Crippen molar-refractivity contribution in [1.82, 2.24) is 16.1 Å². The first kappa shape index (κ1) is 31.0. The average Bonchev–Trinajstić information content (AvgIpc) is 2.92. The highest BCUT2D eigenvalue weighted by Crippen LogP contribution is 2.14. The summed E-state index contributed by atoms with van der Waals surface area (Å²) in [5, 5.41) is 27.3. The van der Waals surface area contributed by atoms with Gasteiger partial charge in [0.2, 0.25) is 5.91 Å². The van der Waals surface area contributed by atoms with Crippen molar-refractivity contribution >= 4 is 35.0 Å². The SMILES string of the molecule is C.C[C@@H](O)[C@H](NC(=O)c1ccc(C#Cc2ccc(NC(=O)CNCc3ccccc3Cl)cc2)cc1)C(=O)NO. The number of aliphatic hydroxyl groups excluding tert-OH is 1. The molecule has 3 aromatic carbocycles. The largest absolute Gasteiger partial charge is 0.391 e. The molecule has 0 saturated heterocycles. The summed E-state index contributed by atoms with van der Waals surface area (Å²) in [4.78, 5) is 36.1. The Morgan fingerprint density at radius 3 is 2.08 bits per heavy atom. The fourth-order valence-corrected chi connectivity index (χ4v) is 3.55. The van der Waals surface area contributed by atoms with Crippen LogP contribution in [0, 0.1) is 11.8 Å². The van der Waals surface area contributed by atoms with Crippen LogP contribution in [-0.4, -0.2) is 46.7 Å². The number of benzene rings is 3. The van der Waals surface area contributed by atoms with Crippen LogP contribution >= 0.6 is 11.6 Å². The molecule has 0 aliphatic carbocycles. The van der Waals surface area contributed by atoms with Gasteiger partial charge in [0.05, 0.1) is 12.6 Å². The van der Waals surface area contributed by atoms with E-state index in [1.165, 1.54) is 24.5 Å². The maximum absolute atomic E-state index is 12.4. The number of anilines is 1. The van der Waals surface area contributed by atoms with Crippen molar-refractivity contribution in [2.45, 2.75) is 33.0 Å². The molecule has 0 aliphatic rings. The highest BCUT2D eigenvalue weighted by Gasteiger charge is 2.25. The number of hydroxylamine groups is 1. The van der Waals surface area contributed by atoms with Crippen molar-refractivity contribution in [2.75, 3.05) is 11.9 Å². The van der Waals surface area contributed by atoms with Crippen molar-refractivity contribution in [3.05, 3.63) is 100 Å². The van der Waals surface area contributed by atoms with Crippen LogP contribution < -0.4 is 21.4 Å². The predicted octanol–water partition coefficient (Wildman–Crippen LogP) is 3.09. The van der Waals surface area contributed by atoms with Gasteiger partial charge >= 0.3 is 0 Å². The molecular formula is C29H31ClN4O5. The second-order valence-electron chi connectivity index (χ2n) is 8.32. The maximum atomic E-state index is 12.4. The van der Waals surface area contributed by atoms with E-state index in [0.29, 0.717) is 22.8 Å². The molecule has 204 valence electrons. The minimum atomic E-state index is -1.30. The average molecular weight is 551 g/mol. The summed E-state index contributed by atoms with van der Waals surface area (Å²) >= 11 is 6.11. The molecule has 3 amide bonds. The zero-order valence-electron chi connectivity index (χ0n) is 20.5. The Morgan fingerprint density at radius 2 is 1.51 bits per heavy atom. The minimum Gasteiger partial charge on any atom is -0.391 e. The molecule has 2 atom stereocenters. The van der Waals surface area contributed by atoms with E-state index in [0.717, 1.165) is 11.1 Å². The van der Waals surface area contributed by atoms with E-state index in [1.54, 1.807) is 42.5 Å². The van der Waals surface area contributed by atoms with E-state index >= 15 is 0 Å². The second kappa shape index (κ2) is 15.3. The third-order valence-corrected chi connectivity index (χ3v) is 5.76. The molecule has 6 N–H and O–H groups in total. The van der Waals surface area contributed by atoms with Crippen LogP contribution in [0.5, 0.6) is 0 Å². The molecule has 0 saturated carbocycles. The van der Waals surface area contributed by atoms with Crippen molar-refractivity contribution in [1.29, 1.82) is 0 Å². The Labute approximate surface area is 232 Å². The highest BCUT2D eigenvalue weighted by molar-refractivity contribution is 6.31. The molecule has 0 fully saturated rings. The van der Waals surface area contributed by atoms with E-state index in [-0.39, 0.29) is 25.4 Å². The van der Waals surface area contributed by atoms with Crippen LogP contribution in [0.1, 0.15) is 41.4 Å². The summed E-state index contributed by atoms with van der Waals surface area (Å²) in [7, 11) is 0. The predicted molar refractivity (Wildman–Crippen MR) is 150 cm³/mol. The quantitative estimate of drug-likeness (QED) is 0.137. The summed E-state index contributed by atoms with van der Waals surface area (Å²) in [6, 6.07) is 19.6. The van der Waals surface area contributed by atoms with Crippen LogP contribution in [0.25, 0.3) is 0 Å². The van der Waals surface area contributed by atoms with Gasteiger partial charge in [0.25, 0.3) is 11.8 Å². The number of rotatable bonds is 9. The highest BCUT2D eigenvalue weighted by atomic mass is 35.5. The number of hydrogen-bond donors (Lipinski definition) is 6. The second-order valence-corrected chi connectivity index (χ2v) is 8.72. The first-order valence-corrected chi connectivity index (χ1v) is 12.0. The Morgan fingerprint density at radius 1 is 0.923 bits per heavy atom. The standard InChI is InChI=1S/C28H27ClN4O5.CH4/c1-18(34)26(28(37)33-38)32-27(36)21-12-8-19(9-13-21)6-7-20-10-14-23(15-11-20)31-25(35)17-30-16-22-4-2-3-5-24(22)29;/h2-5,8-15,18,26,30,34,38H,16-17H2,1H3,(H,31,35)(H,32,36)(H,33,37);1H4/t18-,26+;/m1./s1. The fraction of sp³-hybridized carbons (Fsp3) is 0.207. The zero-order chi connectivity index (χ0) is 27.5. The Balaban J connectivity index is 0.00000533. The van der Waals surface area contributed by atoms with Crippen LogP contribution in [0.3, 0.4) is 0 Å². The summed E-state index contributed by atoms with van der Waals surface area (Å²) in [6.45, 7) is 1.94. The van der Waals surface area contributed by atoms with Gasteiger partial charge in [0.1, 0.15) is 6.04 Å². The molecule has 3 rings (SSSR count). The number of carbonyl (C=O) groups excluding carboxylic acids is 3. The van der Waals surface area contributed by atoms with Gasteiger partial charge in [-0.15, -0.1) is 0 Å². The topological polar surface area (TPSA) is 140 Å². The molecule has 0 aromatic heterocycles. The smallest absolute Gasteiger partial charge is 0.268 e. The van der Waals surface area contributed by atoms with Crippen molar-refractivity contribution in [3.63, 3.8) is 0 Å². The van der Waals surface area contributed by atoms with E-state index in [4.69, 9.17) is 16.8 Å². The van der Waals surface area contributed by atoms with Crippen LogP contribution in [0.4, 0.5) is 5.69 Å². The van der Waals surface area contributed by atoms with Gasteiger partial charge in [-0.1, -0.05) is 49.1 Å². The lowest BCUT2D eigenvalue weighted by Crippen LogP contribution is -2.51. The maximum Gasteiger partial charge on any atom is 0.268 e. The number of hydrogen-bond acceptors (Lipinski definition) is 6. The van der Waals surface area contributed by atoms with Gasteiger partial charge < -0.3 is 21.1 Å². The summed E-state index contributed by atoms with van der Waals surface area (Å²) in [6.07, 6.45) is -1.20. The Kier molecular flexibility index (Phi) is 12.1. The van der Waals surface area contributed by atoms with Gasteiger partial charge in [-0.3, -0.25) is 19.6 Å². The molecule has 10 heteroatoms. The lowest BCUT2D eigenvalue weighted by molar-refractivity contribution is -0.133. The molecule has 39 heavy (non-hydrogen) atoms. The molecule has 3 aromatic rings. The molecule has 0 unspecified atom stereocenters. The molecule has 0 heterocycles. The summed E-state index contributed by atoms with van der Waals surface area (Å²) < 4.78 is 0. The normalized spacial score (nSPS) is 11.6. The van der Waals surface area contributed by atoms with Crippen molar-refractivity contribution < 1.29 is 24.7 Å². The Hall–Kier alpha value is -4.20. The third-order valence-electron chi connectivity index (χ3n) is 5.39. The van der Waals surface area contributed by atoms with Gasteiger partial charge in [0.15, 0.2) is 0 Å². The minimum absolute atomic E-state index is 0. The van der Waals surface area contributed by atoms with E-state index in [2.05, 4.69) is 27.8 Å². The van der Waals surface area contributed by atoms with Crippen molar-refractivity contribution in [2.24, 2.45) is 0 Å². The zero-order valence-corrected chi connectivity index (χ0v) is 21.3. The monoisotopic (exact) mass is 550 g/mol. The first-order chi connectivity index (χ1) is 18.3. The molecule has 0 aliphatic heterocycles. The Bertz CT molecular complexity index is 1330. The van der Waals surface area contributed by atoms with Gasteiger partial charge in [-0.25, -0.2) is 5.48 Å². The number of carbonyl (C=O) groups is 3. The third kappa shape index (κ3) is 9.56. The lowest BCUT2D eigenvalue weighted by Gasteiger charge is -2.19. The molecular weight excluding hydrogens is 520 g/mol. The van der Waals surface area contributed by atoms with Gasteiger partial charge in [-0.2, -0.15) is 0 Å². The van der Waals surface area contributed by atoms with Gasteiger partial charge in [0, 0.05) is 33.9 Å². The number of aliphatic hydroxyl groups is 1. The summed E-state index contributed by atoms with van der Waals surface area (Å²) in [5.74, 6) is 4.32. The molecule has 0 bridgehead atoms. The van der Waals surface area contributed by atoms with E-state index in [1.807, 2.05) is 18.2 Å². The molecule has 9 nitrogen and oxygen atoms in total. The number of halogens is 1. The fourth-order valence-electron chi connectivity index (χ4n) is 3.34. The van der Waals surface area contributed by atoms with Crippen molar-refractivity contribution in [3.8, 4) is 11.8 Å². The molecule has 0 radical (unpaired) electrons. The lowest BCUT2D eigenvalue weighted by atomic mass is 10.1. The van der Waals surface area contributed by atoms with E-state index < -0.39 is 24.0 Å². The molecule has 0 spiro atoms. The van der Waals surface area contributed by atoms with Crippen LogP contribution in [-0.2, 0) is 16.1 Å². The van der Waals surface area contributed by atoms with Crippen LogP contribution in [0.15, 0.2) is 72.8 Å². The number of amides is 3. The first-order valence-electron chi connectivity index (χ1n) is 11.7. The summed E-state index contributed by atoms with van der Waals surface area (Å²) in [5.41, 5.74) is 4.62. The van der Waals surface area contributed by atoms with E-state index in [9.17, 15) is 19.5 Å².